The zero-order chi connectivity index (χ0) is 19.0. The Morgan fingerprint density at radius 2 is 1.52 bits per heavy atom. The fourth-order valence-corrected chi connectivity index (χ4v) is 3.18. The van der Waals surface area contributed by atoms with Crippen LogP contribution < -0.4 is 0 Å². The number of carbonyl (C=O) groups is 2. The van der Waals surface area contributed by atoms with E-state index in [1.54, 1.807) is 12.1 Å². The number of hydrogen-bond donors (Lipinski definition) is 0. The fourth-order valence-electron chi connectivity index (χ4n) is 3.18. The molecule has 3 aromatic carbocycles. The lowest BCUT2D eigenvalue weighted by molar-refractivity contribution is -0.355. The number of methoxy groups -OCH3 is 1. The minimum Gasteiger partial charge on any atom is -0.618 e. The molecule has 0 radical (unpaired) electrons. The molecule has 132 valence electrons. The topological polar surface area (TPSA) is 69.4 Å². The molecule has 4 rings (SSSR count). The van der Waals surface area contributed by atoms with Crippen LogP contribution in [-0.2, 0) is 4.74 Å². The quantitative estimate of drug-likeness (QED) is 0.404. The minimum absolute atomic E-state index is 0.0478. The van der Waals surface area contributed by atoms with Gasteiger partial charge in [0.1, 0.15) is 5.56 Å². The molecule has 0 bridgehead atoms. The van der Waals surface area contributed by atoms with Crippen LogP contribution in [-0.4, -0.2) is 29.3 Å². The molecule has 3 aromatic rings. The zero-order valence-electron chi connectivity index (χ0n) is 14.5. The van der Waals surface area contributed by atoms with Crippen molar-refractivity contribution in [3.05, 3.63) is 94.7 Å². The van der Waals surface area contributed by atoms with Gasteiger partial charge < -0.3 is 9.94 Å². The standard InChI is InChI=1S/C22H15NO4/c1-27-22(25)17-11-12-18-19(13-17)23(26)20(21(18)24)16-9-7-15(8-10-16)14-5-3-2-4-6-14/h2-13H,1H3. The van der Waals surface area contributed by atoms with E-state index in [-0.39, 0.29) is 28.3 Å². The first kappa shape index (κ1) is 16.7. The first-order valence-corrected chi connectivity index (χ1v) is 8.37. The summed E-state index contributed by atoms with van der Waals surface area (Å²) in [5.41, 5.74) is 3.29. The minimum atomic E-state index is -0.556. The maximum Gasteiger partial charge on any atom is 0.338 e. The van der Waals surface area contributed by atoms with E-state index in [1.807, 2.05) is 42.5 Å². The van der Waals surface area contributed by atoms with Gasteiger partial charge in [0.2, 0.25) is 5.69 Å². The van der Waals surface area contributed by atoms with E-state index in [4.69, 9.17) is 0 Å². The normalized spacial score (nSPS) is 12.9. The molecule has 0 aliphatic carbocycles. The second kappa shape index (κ2) is 6.53. The molecule has 0 amide bonds. The van der Waals surface area contributed by atoms with Crippen molar-refractivity contribution < 1.29 is 19.1 Å². The summed E-state index contributed by atoms with van der Waals surface area (Å²) >= 11 is 0. The van der Waals surface area contributed by atoms with Crippen molar-refractivity contribution in [2.45, 2.75) is 0 Å². The van der Waals surface area contributed by atoms with E-state index >= 15 is 0 Å². The molecule has 0 saturated heterocycles. The van der Waals surface area contributed by atoms with Gasteiger partial charge in [-0.25, -0.2) is 4.79 Å². The zero-order valence-corrected chi connectivity index (χ0v) is 14.5. The number of ketones is 1. The van der Waals surface area contributed by atoms with Crippen molar-refractivity contribution >= 4 is 23.2 Å². The number of benzene rings is 3. The summed E-state index contributed by atoms with van der Waals surface area (Å²) in [5, 5.41) is 12.7. The largest absolute Gasteiger partial charge is 0.618 e. The van der Waals surface area contributed by atoms with Gasteiger partial charge in [-0.15, -0.1) is 0 Å². The SMILES string of the molecule is COC(=O)c1ccc2c(c1)[N+]([O-])=C(c1ccc(-c3ccccc3)cc1)C2=O. The van der Waals surface area contributed by atoms with Crippen LogP contribution in [0.5, 0.6) is 0 Å². The highest BCUT2D eigenvalue weighted by Crippen LogP contribution is 2.30. The van der Waals surface area contributed by atoms with E-state index in [1.165, 1.54) is 25.3 Å². The highest BCUT2D eigenvalue weighted by atomic mass is 16.5. The van der Waals surface area contributed by atoms with Crippen LogP contribution >= 0.6 is 0 Å². The van der Waals surface area contributed by atoms with Crippen LogP contribution in [0.25, 0.3) is 11.1 Å². The number of hydrogen-bond acceptors (Lipinski definition) is 4. The van der Waals surface area contributed by atoms with Crippen LogP contribution in [0.2, 0.25) is 0 Å². The molecule has 0 aromatic heterocycles. The number of carbonyl (C=O) groups excluding carboxylic acids is 2. The van der Waals surface area contributed by atoms with Crippen molar-refractivity contribution in [1.29, 1.82) is 0 Å². The smallest absolute Gasteiger partial charge is 0.338 e. The lowest BCUT2D eigenvalue weighted by Crippen LogP contribution is -2.16. The average Bonchev–Trinajstić information content (AvgIpc) is 2.98. The number of ether oxygens (including phenoxy) is 1. The van der Waals surface area contributed by atoms with Crippen molar-refractivity contribution in [1.82, 2.24) is 0 Å². The van der Waals surface area contributed by atoms with Crippen molar-refractivity contribution in [2.24, 2.45) is 0 Å². The second-order valence-corrected chi connectivity index (χ2v) is 6.14. The van der Waals surface area contributed by atoms with Gasteiger partial charge in [-0.05, 0) is 35.4 Å². The predicted molar refractivity (Wildman–Crippen MR) is 101 cm³/mol. The Labute approximate surface area is 155 Å². The van der Waals surface area contributed by atoms with Gasteiger partial charge in [-0.1, -0.05) is 42.5 Å². The third-order valence-corrected chi connectivity index (χ3v) is 4.57. The van der Waals surface area contributed by atoms with Gasteiger partial charge in [0.25, 0.3) is 11.5 Å². The molecule has 5 heteroatoms. The van der Waals surface area contributed by atoms with Gasteiger partial charge in [-0.2, -0.15) is 4.74 Å². The predicted octanol–water partition coefficient (Wildman–Crippen LogP) is 3.97. The summed E-state index contributed by atoms with van der Waals surface area (Å²) in [6, 6.07) is 21.5. The third-order valence-electron chi connectivity index (χ3n) is 4.57. The van der Waals surface area contributed by atoms with Gasteiger partial charge in [0, 0.05) is 6.07 Å². The van der Waals surface area contributed by atoms with Crippen molar-refractivity contribution in [2.75, 3.05) is 7.11 Å². The Kier molecular flexibility index (Phi) is 4.05. The summed E-state index contributed by atoms with van der Waals surface area (Å²) in [4.78, 5) is 24.4. The lowest BCUT2D eigenvalue weighted by Gasteiger charge is -2.05. The summed E-state index contributed by atoms with van der Waals surface area (Å²) < 4.78 is 5.26. The lowest BCUT2D eigenvalue weighted by atomic mass is 9.99. The first-order valence-electron chi connectivity index (χ1n) is 8.37. The molecule has 5 nitrogen and oxygen atoms in total. The number of fused-ring (bicyclic) bond motifs is 1. The van der Waals surface area contributed by atoms with Crippen LogP contribution in [0, 0.1) is 5.21 Å². The maximum absolute atomic E-state index is 12.7. The van der Waals surface area contributed by atoms with Crippen LogP contribution in [0.3, 0.4) is 0 Å². The highest BCUT2D eigenvalue weighted by molar-refractivity contribution is 6.52. The van der Waals surface area contributed by atoms with E-state index in [2.05, 4.69) is 4.74 Å². The van der Waals surface area contributed by atoms with Crippen LogP contribution in [0.4, 0.5) is 5.69 Å². The Morgan fingerprint density at radius 3 is 2.19 bits per heavy atom. The number of esters is 1. The molecular formula is C22H15NO4. The van der Waals surface area contributed by atoms with Gasteiger partial charge in [0.05, 0.1) is 18.2 Å². The molecule has 0 atom stereocenters. The Bertz CT molecular complexity index is 1080. The van der Waals surface area contributed by atoms with Gasteiger partial charge >= 0.3 is 5.97 Å². The van der Waals surface area contributed by atoms with E-state index in [0.29, 0.717) is 10.3 Å². The Morgan fingerprint density at radius 1 is 0.889 bits per heavy atom. The van der Waals surface area contributed by atoms with E-state index in [0.717, 1.165) is 11.1 Å². The molecule has 27 heavy (non-hydrogen) atoms. The Balaban J connectivity index is 1.74. The molecular weight excluding hydrogens is 342 g/mol. The molecule has 0 N–H and O–H groups in total. The van der Waals surface area contributed by atoms with Gasteiger partial charge in [-0.3, -0.25) is 4.79 Å². The average molecular weight is 357 g/mol. The molecule has 1 aliphatic heterocycles. The Hall–Kier alpha value is -3.73. The molecule has 0 unspecified atom stereocenters. The van der Waals surface area contributed by atoms with Crippen LogP contribution in [0.1, 0.15) is 26.3 Å². The monoisotopic (exact) mass is 357 g/mol. The van der Waals surface area contributed by atoms with Crippen LogP contribution in [0.15, 0.2) is 72.8 Å². The second-order valence-electron chi connectivity index (χ2n) is 6.14. The summed E-state index contributed by atoms with van der Waals surface area (Å²) in [6.07, 6.45) is 0. The number of Topliss-reactive ketones (excluding diaryl/α,β-unsaturated/α-hetero) is 1. The third kappa shape index (κ3) is 2.79. The maximum atomic E-state index is 12.7. The first-order chi connectivity index (χ1) is 13.1. The number of nitrogens with zero attached hydrogens (tertiary/aromatic N) is 1. The number of rotatable bonds is 3. The molecule has 0 spiro atoms. The highest BCUT2D eigenvalue weighted by Gasteiger charge is 2.37. The molecule has 0 fully saturated rings. The molecule has 1 aliphatic rings. The van der Waals surface area contributed by atoms with E-state index < -0.39 is 5.97 Å². The summed E-state index contributed by atoms with van der Waals surface area (Å²) in [7, 11) is 1.27. The summed E-state index contributed by atoms with van der Waals surface area (Å²) in [6.45, 7) is 0. The van der Waals surface area contributed by atoms with Gasteiger partial charge in [0.15, 0.2) is 0 Å². The van der Waals surface area contributed by atoms with Crippen molar-refractivity contribution in [3.63, 3.8) is 0 Å². The molecule has 0 saturated carbocycles. The van der Waals surface area contributed by atoms with Crippen molar-refractivity contribution in [3.8, 4) is 11.1 Å². The summed E-state index contributed by atoms with van der Waals surface area (Å²) in [5.74, 6) is -0.914. The fraction of sp³-hybridized carbons (Fsp3) is 0.0455. The molecule has 1 heterocycles. The van der Waals surface area contributed by atoms with E-state index in [9.17, 15) is 14.8 Å².